The average Bonchev–Trinajstić information content (AvgIpc) is 2.39. The van der Waals surface area contributed by atoms with Gasteiger partial charge >= 0.3 is 0 Å². The molecule has 2 rings (SSSR count). The highest BCUT2D eigenvalue weighted by atomic mass is 15.0. The van der Waals surface area contributed by atoms with Crippen molar-refractivity contribution in [2.75, 3.05) is 11.9 Å². The van der Waals surface area contributed by atoms with E-state index in [1.54, 1.807) is 0 Å². The Balaban J connectivity index is 2.02. The van der Waals surface area contributed by atoms with Crippen molar-refractivity contribution in [1.82, 2.24) is 0 Å². The molecule has 1 aromatic carbocycles. The Bertz CT molecular complexity index is 383. The van der Waals surface area contributed by atoms with E-state index in [4.69, 9.17) is 5.73 Å². The smallest absolute Gasteiger partial charge is 0.0495 e. The molecule has 3 N–H and O–H groups in total. The Morgan fingerprint density at radius 1 is 1.16 bits per heavy atom. The molecule has 0 amide bonds. The lowest BCUT2D eigenvalue weighted by Gasteiger charge is -2.44. The van der Waals surface area contributed by atoms with Crippen molar-refractivity contribution in [3.8, 4) is 0 Å². The summed E-state index contributed by atoms with van der Waals surface area (Å²) < 4.78 is 0. The molecular weight excluding hydrogens is 232 g/mol. The van der Waals surface area contributed by atoms with Crippen LogP contribution in [0.2, 0.25) is 0 Å². The van der Waals surface area contributed by atoms with Crippen LogP contribution in [0.15, 0.2) is 30.3 Å². The third kappa shape index (κ3) is 3.50. The minimum absolute atomic E-state index is 0.100. The summed E-state index contributed by atoms with van der Waals surface area (Å²) in [6.45, 7) is 7.80. The predicted octanol–water partition coefficient (Wildman–Crippen LogP) is 4.03. The fourth-order valence-electron chi connectivity index (χ4n) is 3.24. The van der Waals surface area contributed by atoms with Crippen LogP contribution in [0.25, 0.3) is 0 Å². The zero-order valence-electron chi connectivity index (χ0n) is 12.6. The summed E-state index contributed by atoms with van der Waals surface area (Å²) >= 11 is 0. The van der Waals surface area contributed by atoms with Crippen LogP contribution in [0.4, 0.5) is 5.69 Å². The Labute approximate surface area is 117 Å². The number of nitrogens with one attached hydrogen (secondary N) is 1. The number of rotatable bonds is 3. The molecule has 1 fully saturated rings. The van der Waals surface area contributed by atoms with Gasteiger partial charge < -0.3 is 11.1 Å². The molecule has 2 heteroatoms. The summed E-state index contributed by atoms with van der Waals surface area (Å²) in [5.41, 5.74) is 7.80. The van der Waals surface area contributed by atoms with E-state index < -0.39 is 0 Å². The van der Waals surface area contributed by atoms with Crippen LogP contribution < -0.4 is 11.1 Å². The zero-order chi connectivity index (χ0) is 13.9. The molecule has 1 aliphatic carbocycles. The van der Waals surface area contributed by atoms with Gasteiger partial charge in [-0.15, -0.1) is 0 Å². The van der Waals surface area contributed by atoms with E-state index in [0.29, 0.717) is 5.41 Å². The lowest BCUT2D eigenvalue weighted by Crippen LogP contribution is -2.49. The highest BCUT2D eigenvalue weighted by Crippen LogP contribution is 2.42. The van der Waals surface area contributed by atoms with Gasteiger partial charge in [-0.05, 0) is 49.1 Å². The zero-order valence-corrected chi connectivity index (χ0v) is 12.6. The van der Waals surface area contributed by atoms with Crippen LogP contribution in [0.3, 0.4) is 0 Å². The SMILES string of the molecule is CC(C)(C)C1CCC(CN)(Nc2ccccc2)CC1. The molecule has 1 aliphatic rings. The summed E-state index contributed by atoms with van der Waals surface area (Å²) in [4.78, 5) is 0. The molecule has 0 aromatic heterocycles. The molecule has 0 bridgehead atoms. The van der Waals surface area contributed by atoms with Gasteiger partial charge in [0.1, 0.15) is 0 Å². The Kier molecular flexibility index (Phi) is 4.19. The van der Waals surface area contributed by atoms with Crippen molar-refractivity contribution in [2.45, 2.75) is 52.0 Å². The molecule has 1 aromatic rings. The van der Waals surface area contributed by atoms with Crippen molar-refractivity contribution >= 4 is 5.69 Å². The van der Waals surface area contributed by atoms with Gasteiger partial charge in [-0.2, -0.15) is 0 Å². The van der Waals surface area contributed by atoms with Crippen LogP contribution in [0.5, 0.6) is 0 Å². The lowest BCUT2D eigenvalue weighted by molar-refractivity contribution is 0.145. The second kappa shape index (κ2) is 5.54. The van der Waals surface area contributed by atoms with E-state index in [1.807, 2.05) is 0 Å². The van der Waals surface area contributed by atoms with Gasteiger partial charge in [-0.25, -0.2) is 0 Å². The standard InChI is InChI=1S/C17H28N2/c1-16(2,3)14-9-11-17(13-18,12-10-14)19-15-7-5-4-6-8-15/h4-8,14,19H,9-13,18H2,1-3H3. The number of hydrogen-bond acceptors (Lipinski definition) is 2. The van der Waals surface area contributed by atoms with Crippen LogP contribution in [0.1, 0.15) is 46.5 Å². The van der Waals surface area contributed by atoms with Gasteiger partial charge in [0.05, 0.1) is 0 Å². The van der Waals surface area contributed by atoms with E-state index in [2.05, 4.69) is 56.4 Å². The summed E-state index contributed by atoms with van der Waals surface area (Å²) in [6, 6.07) is 10.5. The molecule has 2 nitrogen and oxygen atoms in total. The molecule has 0 radical (unpaired) electrons. The van der Waals surface area contributed by atoms with Gasteiger partial charge in [0.25, 0.3) is 0 Å². The highest BCUT2D eigenvalue weighted by molar-refractivity contribution is 5.45. The van der Waals surface area contributed by atoms with Crippen molar-refractivity contribution in [3.63, 3.8) is 0 Å². The lowest BCUT2D eigenvalue weighted by atomic mass is 9.67. The van der Waals surface area contributed by atoms with Crippen molar-refractivity contribution in [3.05, 3.63) is 30.3 Å². The Hall–Kier alpha value is -1.02. The van der Waals surface area contributed by atoms with E-state index >= 15 is 0 Å². The quantitative estimate of drug-likeness (QED) is 0.861. The maximum atomic E-state index is 6.08. The van der Waals surface area contributed by atoms with E-state index in [0.717, 1.165) is 12.5 Å². The molecule has 0 heterocycles. The summed E-state index contributed by atoms with van der Waals surface area (Å²) in [7, 11) is 0. The average molecular weight is 260 g/mol. The van der Waals surface area contributed by atoms with Gasteiger partial charge in [0.2, 0.25) is 0 Å². The fraction of sp³-hybridized carbons (Fsp3) is 0.647. The van der Waals surface area contributed by atoms with Crippen molar-refractivity contribution in [1.29, 1.82) is 0 Å². The second-order valence-electron chi connectivity index (χ2n) is 7.12. The summed E-state index contributed by atoms with van der Waals surface area (Å²) in [5, 5.41) is 3.69. The van der Waals surface area contributed by atoms with Gasteiger partial charge in [0, 0.05) is 17.8 Å². The third-order valence-electron chi connectivity index (χ3n) is 4.74. The van der Waals surface area contributed by atoms with E-state index in [9.17, 15) is 0 Å². The maximum Gasteiger partial charge on any atom is 0.0495 e. The predicted molar refractivity (Wildman–Crippen MR) is 83.3 cm³/mol. The minimum atomic E-state index is 0.100. The molecular formula is C17H28N2. The third-order valence-corrected chi connectivity index (χ3v) is 4.74. The van der Waals surface area contributed by atoms with Crippen molar-refractivity contribution in [2.24, 2.45) is 17.1 Å². The summed E-state index contributed by atoms with van der Waals surface area (Å²) in [6.07, 6.45) is 4.92. The fourth-order valence-corrected chi connectivity index (χ4v) is 3.24. The Morgan fingerprint density at radius 3 is 2.21 bits per heavy atom. The van der Waals surface area contributed by atoms with Gasteiger partial charge in [-0.1, -0.05) is 39.0 Å². The van der Waals surface area contributed by atoms with Crippen LogP contribution in [-0.4, -0.2) is 12.1 Å². The van der Waals surface area contributed by atoms with E-state index in [-0.39, 0.29) is 5.54 Å². The molecule has 0 atom stereocenters. The molecule has 0 aliphatic heterocycles. The number of para-hydroxylation sites is 1. The first-order chi connectivity index (χ1) is 8.95. The van der Waals surface area contributed by atoms with Gasteiger partial charge in [-0.3, -0.25) is 0 Å². The highest BCUT2D eigenvalue weighted by Gasteiger charge is 2.37. The Morgan fingerprint density at radius 2 is 1.74 bits per heavy atom. The summed E-state index contributed by atoms with van der Waals surface area (Å²) in [5.74, 6) is 0.824. The molecule has 1 saturated carbocycles. The van der Waals surface area contributed by atoms with Crippen LogP contribution >= 0.6 is 0 Å². The van der Waals surface area contributed by atoms with Crippen LogP contribution in [0, 0.1) is 11.3 Å². The number of hydrogen-bond donors (Lipinski definition) is 2. The molecule has 0 unspecified atom stereocenters. The molecule has 106 valence electrons. The first kappa shape index (κ1) is 14.4. The largest absolute Gasteiger partial charge is 0.378 e. The first-order valence-electron chi connectivity index (χ1n) is 7.48. The minimum Gasteiger partial charge on any atom is -0.378 e. The monoisotopic (exact) mass is 260 g/mol. The first-order valence-corrected chi connectivity index (χ1v) is 7.48. The van der Waals surface area contributed by atoms with Crippen molar-refractivity contribution < 1.29 is 0 Å². The maximum absolute atomic E-state index is 6.08. The van der Waals surface area contributed by atoms with E-state index in [1.165, 1.54) is 31.4 Å². The number of benzene rings is 1. The second-order valence-corrected chi connectivity index (χ2v) is 7.12. The molecule has 0 saturated heterocycles. The van der Waals surface area contributed by atoms with Crippen LogP contribution in [-0.2, 0) is 0 Å². The molecule has 0 spiro atoms. The number of anilines is 1. The van der Waals surface area contributed by atoms with Gasteiger partial charge in [0.15, 0.2) is 0 Å². The number of nitrogens with two attached hydrogens (primary N) is 1. The molecule has 19 heavy (non-hydrogen) atoms. The topological polar surface area (TPSA) is 38.0 Å². The normalized spacial score (nSPS) is 28.1.